The molecule has 2 aromatic rings. The van der Waals surface area contributed by atoms with E-state index in [4.69, 9.17) is 5.73 Å². The summed E-state index contributed by atoms with van der Waals surface area (Å²) in [5, 5.41) is 0. The maximum atomic E-state index is 11.8. The molecule has 0 heterocycles. The van der Waals surface area contributed by atoms with E-state index in [1.54, 1.807) is 0 Å². The molecule has 18 heavy (non-hydrogen) atoms. The Balaban J connectivity index is 2.31. The fraction of sp³-hybridized carbons (Fsp3) is 0.0625. The predicted octanol–water partition coefficient (Wildman–Crippen LogP) is 2.79. The van der Waals surface area contributed by atoms with Gasteiger partial charge in [-0.1, -0.05) is 60.7 Å². The summed E-state index contributed by atoms with van der Waals surface area (Å²) < 4.78 is 0. The summed E-state index contributed by atoms with van der Waals surface area (Å²) in [5.74, 6) is -0.675. The van der Waals surface area contributed by atoms with Crippen molar-refractivity contribution in [1.82, 2.24) is 0 Å². The van der Waals surface area contributed by atoms with Crippen molar-refractivity contribution in [3.8, 4) is 0 Å². The molecule has 0 atom stereocenters. The molecule has 0 spiro atoms. The van der Waals surface area contributed by atoms with Gasteiger partial charge < -0.3 is 5.73 Å². The highest BCUT2D eigenvalue weighted by molar-refractivity contribution is 5.91. The molecular weight excluding hydrogens is 223 g/mol. The van der Waals surface area contributed by atoms with Crippen molar-refractivity contribution in [2.75, 3.05) is 0 Å². The van der Waals surface area contributed by atoms with Gasteiger partial charge in [-0.2, -0.15) is 0 Å². The Labute approximate surface area is 106 Å². The Bertz CT molecular complexity index is 594. The second-order valence-corrected chi connectivity index (χ2v) is 4.43. The number of amides is 1. The Kier molecular flexibility index (Phi) is 2.49. The molecule has 2 heteroatoms. The fourth-order valence-corrected chi connectivity index (χ4v) is 2.50. The van der Waals surface area contributed by atoms with Crippen LogP contribution in [-0.4, -0.2) is 5.91 Å². The Morgan fingerprint density at radius 3 is 1.72 bits per heavy atom. The van der Waals surface area contributed by atoms with E-state index in [2.05, 4.69) is 0 Å². The van der Waals surface area contributed by atoms with Crippen LogP contribution in [0, 0.1) is 0 Å². The van der Waals surface area contributed by atoms with Crippen molar-refractivity contribution >= 4 is 18.1 Å². The lowest BCUT2D eigenvalue weighted by atomic mass is 9.92. The zero-order valence-electron chi connectivity index (χ0n) is 9.84. The standard InChI is InChI=1S/C16H13NO/c17-16(18)15-13-7-3-1-5-11(13)9-10-12-6-2-4-8-14(12)15/h1-10,15H,(H2,17,18)/i16+1. The summed E-state index contributed by atoms with van der Waals surface area (Å²) in [4.78, 5) is 11.8. The van der Waals surface area contributed by atoms with Crippen molar-refractivity contribution < 1.29 is 4.79 Å². The summed E-state index contributed by atoms with van der Waals surface area (Å²) in [6, 6.07) is 15.8. The molecule has 88 valence electrons. The van der Waals surface area contributed by atoms with E-state index >= 15 is 0 Å². The fourth-order valence-electron chi connectivity index (χ4n) is 2.50. The highest BCUT2D eigenvalue weighted by Gasteiger charge is 2.25. The molecule has 0 unspecified atom stereocenters. The summed E-state index contributed by atoms with van der Waals surface area (Å²) in [6.45, 7) is 0. The molecule has 0 aliphatic heterocycles. The van der Waals surface area contributed by atoms with Crippen molar-refractivity contribution in [2.45, 2.75) is 5.92 Å². The number of benzene rings is 2. The van der Waals surface area contributed by atoms with E-state index in [1.807, 2.05) is 60.7 Å². The first-order valence-electron chi connectivity index (χ1n) is 5.92. The molecule has 1 amide bonds. The molecule has 1 aliphatic carbocycles. The van der Waals surface area contributed by atoms with Crippen molar-refractivity contribution in [3.63, 3.8) is 0 Å². The molecule has 0 saturated carbocycles. The lowest BCUT2D eigenvalue weighted by molar-refractivity contribution is -0.118. The maximum absolute atomic E-state index is 11.8. The molecule has 2 aromatic carbocycles. The summed E-state index contributed by atoms with van der Waals surface area (Å²) in [5.41, 5.74) is 9.66. The third-order valence-electron chi connectivity index (χ3n) is 3.34. The van der Waals surface area contributed by atoms with Gasteiger partial charge in [0.25, 0.3) is 0 Å². The van der Waals surface area contributed by atoms with Gasteiger partial charge in [-0.3, -0.25) is 4.79 Å². The number of primary amides is 1. The lowest BCUT2D eigenvalue weighted by Gasteiger charge is -2.16. The average Bonchev–Trinajstić information content (AvgIpc) is 2.55. The Morgan fingerprint density at radius 2 is 1.28 bits per heavy atom. The van der Waals surface area contributed by atoms with Gasteiger partial charge >= 0.3 is 0 Å². The maximum Gasteiger partial charge on any atom is 0.229 e. The number of fused-ring (bicyclic) bond motifs is 2. The monoisotopic (exact) mass is 236 g/mol. The van der Waals surface area contributed by atoms with Crippen molar-refractivity contribution in [1.29, 1.82) is 0 Å². The number of carbonyl (C=O) groups is 1. The number of carbonyl (C=O) groups excluding carboxylic acids is 1. The van der Waals surface area contributed by atoms with Gasteiger partial charge in [-0.15, -0.1) is 0 Å². The highest BCUT2D eigenvalue weighted by atomic mass is 16.2. The minimum atomic E-state index is -0.368. The van der Waals surface area contributed by atoms with E-state index in [-0.39, 0.29) is 11.8 Å². The largest absolute Gasteiger partial charge is 0.369 e. The van der Waals surface area contributed by atoms with Crippen LogP contribution in [0.1, 0.15) is 28.2 Å². The SMILES string of the molecule is N[13C](=O)C1c2ccccc2C=Cc2ccccc21. The first-order chi connectivity index (χ1) is 8.77. The van der Waals surface area contributed by atoms with Gasteiger partial charge in [0, 0.05) is 0 Å². The number of hydrogen-bond donors (Lipinski definition) is 1. The third kappa shape index (κ3) is 1.63. The summed E-state index contributed by atoms with van der Waals surface area (Å²) in [6.07, 6.45) is 4.08. The predicted molar refractivity (Wildman–Crippen MR) is 72.8 cm³/mol. The molecule has 0 radical (unpaired) electrons. The zero-order valence-corrected chi connectivity index (χ0v) is 9.84. The highest BCUT2D eigenvalue weighted by Crippen LogP contribution is 2.33. The quantitative estimate of drug-likeness (QED) is 0.760. The van der Waals surface area contributed by atoms with Gasteiger partial charge in [0.05, 0.1) is 5.92 Å². The van der Waals surface area contributed by atoms with Crippen LogP contribution < -0.4 is 5.73 Å². The molecule has 0 bridgehead atoms. The average molecular weight is 236 g/mol. The van der Waals surface area contributed by atoms with Crippen LogP contribution in [0.2, 0.25) is 0 Å². The minimum Gasteiger partial charge on any atom is -0.369 e. The van der Waals surface area contributed by atoms with Crippen LogP contribution in [0.4, 0.5) is 0 Å². The van der Waals surface area contributed by atoms with E-state index < -0.39 is 0 Å². The smallest absolute Gasteiger partial charge is 0.229 e. The Morgan fingerprint density at radius 1 is 0.833 bits per heavy atom. The van der Waals surface area contributed by atoms with Crippen LogP contribution in [0.5, 0.6) is 0 Å². The van der Waals surface area contributed by atoms with Gasteiger partial charge in [0.15, 0.2) is 0 Å². The molecular formula is C16H13NO. The first-order valence-corrected chi connectivity index (χ1v) is 5.92. The topological polar surface area (TPSA) is 43.1 Å². The second-order valence-electron chi connectivity index (χ2n) is 4.43. The summed E-state index contributed by atoms with van der Waals surface area (Å²) in [7, 11) is 0. The summed E-state index contributed by atoms with van der Waals surface area (Å²) >= 11 is 0. The van der Waals surface area contributed by atoms with Crippen molar-refractivity contribution in [2.24, 2.45) is 5.73 Å². The number of hydrogen-bond acceptors (Lipinski definition) is 1. The van der Waals surface area contributed by atoms with Gasteiger partial charge in [0.2, 0.25) is 5.91 Å². The molecule has 0 aromatic heterocycles. The number of nitrogens with two attached hydrogens (primary N) is 1. The van der Waals surface area contributed by atoms with Crippen LogP contribution >= 0.6 is 0 Å². The molecule has 2 nitrogen and oxygen atoms in total. The van der Waals surface area contributed by atoms with Crippen LogP contribution in [-0.2, 0) is 4.79 Å². The normalized spacial score (nSPS) is 13.6. The van der Waals surface area contributed by atoms with E-state index in [1.165, 1.54) is 0 Å². The van der Waals surface area contributed by atoms with Gasteiger partial charge in [-0.25, -0.2) is 0 Å². The van der Waals surface area contributed by atoms with Crippen LogP contribution in [0.15, 0.2) is 48.5 Å². The van der Waals surface area contributed by atoms with E-state index in [0.29, 0.717) is 0 Å². The van der Waals surface area contributed by atoms with Gasteiger partial charge in [0.1, 0.15) is 0 Å². The molecule has 0 saturated heterocycles. The van der Waals surface area contributed by atoms with Crippen molar-refractivity contribution in [3.05, 3.63) is 70.8 Å². The lowest BCUT2D eigenvalue weighted by Crippen LogP contribution is -2.23. The first kappa shape index (κ1) is 10.8. The van der Waals surface area contributed by atoms with E-state index in [0.717, 1.165) is 22.3 Å². The molecule has 1 aliphatic rings. The number of rotatable bonds is 1. The molecule has 0 fully saturated rings. The van der Waals surface area contributed by atoms with E-state index in [9.17, 15) is 4.79 Å². The third-order valence-corrected chi connectivity index (χ3v) is 3.34. The van der Waals surface area contributed by atoms with Gasteiger partial charge in [-0.05, 0) is 22.3 Å². The zero-order chi connectivity index (χ0) is 12.5. The molecule has 3 rings (SSSR count). The Hall–Kier alpha value is -2.35. The van der Waals surface area contributed by atoms with Crippen LogP contribution in [0.3, 0.4) is 0 Å². The molecule has 2 N–H and O–H groups in total. The minimum absolute atomic E-state index is 0.307. The van der Waals surface area contributed by atoms with Crippen LogP contribution in [0.25, 0.3) is 12.2 Å². The second kappa shape index (κ2) is 4.15.